The summed E-state index contributed by atoms with van der Waals surface area (Å²) in [4.78, 5) is 0. The van der Waals surface area contributed by atoms with Gasteiger partial charge in [0.15, 0.2) is 0 Å². The Hall–Kier alpha value is -1.26. The maximum Gasteiger partial charge on any atom is 0.127 e. The molecule has 2 atom stereocenters. The smallest absolute Gasteiger partial charge is 0.127 e. The first-order valence-electron chi connectivity index (χ1n) is 15.4. The van der Waals surface area contributed by atoms with Gasteiger partial charge in [-0.15, -0.1) is 0 Å². The molecule has 1 aromatic carbocycles. The van der Waals surface area contributed by atoms with Crippen LogP contribution < -0.4 is 10.6 Å². The molecule has 0 fully saturated rings. The molecule has 0 spiro atoms. The molecule has 0 aliphatic heterocycles. The van der Waals surface area contributed by atoms with Gasteiger partial charge in [0, 0.05) is 25.6 Å². The lowest BCUT2D eigenvalue weighted by molar-refractivity contribution is 0.115. The van der Waals surface area contributed by atoms with Gasteiger partial charge in [-0.3, -0.25) is 0 Å². The Kier molecular flexibility index (Phi) is 21.9. The first-order valence-corrected chi connectivity index (χ1v) is 15.4. The summed E-state index contributed by atoms with van der Waals surface area (Å²) in [6.45, 7) is 4.56. The third-order valence-corrected chi connectivity index (χ3v) is 7.23. The highest BCUT2D eigenvalue weighted by Crippen LogP contribution is 2.21. The number of unbranched alkanes of at least 4 members (excludes halogenated alkanes) is 16. The molecule has 4 nitrogen and oxygen atoms in total. The van der Waals surface area contributed by atoms with Crippen LogP contribution in [0.5, 0.6) is 0 Å². The molecule has 36 heavy (non-hydrogen) atoms. The molecule has 0 aliphatic rings. The van der Waals surface area contributed by atoms with Gasteiger partial charge in [0.25, 0.3) is 0 Å². The average molecular weight is 505 g/mol. The fourth-order valence-electron chi connectivity index (χ4n) is 4.85. The molecule has 0 amide bonds. The van der Waals surface area contributed by atoms with Crippen LogP contribution >= 0.6 is 0 Å². The maximum atomic E-state index is 5.72. The van der Waals surface area contributed by atoms with Crippen molar-refractivity contribution < 1.29 is 9.47 Å². The molecule has 2 unspecified atom stereocenters. The van der Waals surface area contributed by atoms with E-state index in [1.54, 1.807) is 14.2 Å². The van der Waals surface area contributed by atoms with Crippen LogP contribution in [0.25, 0.3) is 0 Å². The van der Waals surface area contributed by atoms with Crippen LogP contribution in [0, 0.1) is 0 Å². The van der Waals surface area contributed by atoms with Crippen LogP contribution in [0.4, 0.5) is 11.4 Å². The van der Waals surface area contributed by atoms with Gasteiger partial charge in [0.1, 0.15) is 12.5 Å². The van der Waals surface area contributed by atoms with Gasteiger partial charge >= 0.3 is 0 Å². The van der Waals surface area contributed by atoms with Gasteiger partial charge in [0.05, 0.1) is 0 Å². The van der Waals surface area contributed by atoms with E-state index in [4.69, 9.17) is 9.47 Å². The summed E-state index contributed by atoms with van der Waals surface area (Å²) in [5.41, 5.74) is 2.20. The highest BCUT2D eigenvalue weighted by molar-refractivity contribution is 5.57. The van der Waals surface area contributed by atoms with E-state index in [9.17, 15) is 0 Å². The topological polar surface area (TPSA) is 42.5 Å². The summed E-state index contributed by atoms with van der Waals surface area (Å²) in [7, 11) is 3.61. The van der Waals surface area contributed by atoms with Crippen molar-refractivity contribution in [3.05, 3.63) is 24.3 Å². The fraction of sp³-hybridized carbons (Fsp3) is 0.812. The summed E-state index contributed by atoms with van der Waals surface area (Å²) in [5, 5.41) is 7.13. The summed E-state index contributed by atoms with van der Waals surface area (Å²) in [6.07, 6.45) is 26.5. The molecule has 210 valence electrons. The van der Waals surface area contributed by atoms with E-state index < -0.39 is 0 Å². The van der Waals surface area contributed by atoms with Crippen LogP contribution in [0.15, 0.2) is 24.3 Å². The third-order valence-electron chi connectivity index (χ3n) is 7.23. The predicted octanol–water partition coefficient (Wildman–Crippen LogP) is 10.3. The van der Waals surface area contributed by atoms with Gasteiger partial charge in [-0.1, -0.05) is 123 Å². The second-order valence-electron chi connectivity index (χ2n) is 10.6. The van der Waals surface area contributed by atoms with Crippen molar-refractivity contribution in [2.75, 3.05) is 24.9 Å². The standard InChI is InChI=1S/C32H60N2O2/c1-5-7-9-11-13-15-17-19-21-26-31(35-3)33-29-24-23-25-30(28-29)34-32(36-4)27-22-20-18-16-14-12-10-8-6-2/h23-25,28,31-34H,5-22,26-27H2,1-4H3. The number of benzene rings is 1. The number of anilines is 2. The van der Waals surface area contributed by atoms with Crippen molar-refractivity contribution in [2.24, 2.45) is 0 Å². The van der Waals surface area contributed by atoms with Crippen LogP contribution in [-0.4, -0.2) is 26.7 Å². The van der Waals surface area contributed by atoms with Crippen LogP contribution in [0.3, 0.4) is 0 Å². The molecule has 0 bridgehead atoms. The van der Waals surface area contributed by atoms with E-state index in [0.29, 0.717) is 0 Å². The lowest BCUT2D eigenvalue weighted by atomic mass is 10.1. The van der Waals surface area contributed by atoms with E-state index >= 15 is 0 Å². The average Bonchev–Trinajstić information content (AvgIpc) is 2.90. The number of rotatable bonds is 26. The Labute approximate surface area is 224 Å². The zero-order valence-corrected chi connectivity index (χ0v) is 24.4. The van der Waals surface area contributed by atoms with Crippen molar-refractivity contribution >= 4 is 11.4 Å². The lowest BCUT2D eigenvalue weighted by Crippen LogP contribution is -2.23. The van der Waals surface area contributed by atoms with Crippen molar-refractivity contribution in [3.63, 3.8) is 0 Å². The van der Waals surface area contributed by atoms with E-state index in [-0.39, 0.29) is 12.5 Å². The second-order valence-corrected chi connectivity index (χ2v) is 10.6. The third kappa shape index (κ3) is 18.1. The number of ether oxygens (including phenoxy) is 2. The first kappa shape index (κ1) is 32.8. The van der Waals surface area contributed by atoms with E-state index in [1.807, 2.05) is 0 Å². The molecule has 0 radical (unpaired) electrons. The zero-order valence-electron chi connectivity index (χ0n) is 24.4. The SMILES string of the molecule is CCCCCCCCCCCC(Nc1cccc(NC(CCCCCCCCCCC)OC)c1)OC. The number of methoxy groups -OCH3 is 2. The molecular weight excluding hydrogens is 444 g/mol. The Bertz CT molecular complexity index is 548. The monoisotopic (exact) mass is 504 g/mol. The van der Waals surface area contributed by atoms with Gasteiger partial charge in [-0.25, -0.2) is 0 Å². The molecule has 0 aliphatic carbocycles. The number of hydrogen-bond acceptors (Lipinski definition) is 4. The van der Waals surface area contributed by atoms with Crippen molar-refractivity contribution in [1.82, 2.24) is 0 Å². The quantitative estimate of drug-likeness (QED) is 0.0972. The van der Waals surface area contributed by atoms with Crippen molar-refractivity contribution in [1.29, 1.82) is 0 Å². The molecule has 1 aromatic rings. The molecule has 0 heterocycles. The lowest BCUT2D eigenvalue weighted by Gasteiger charge is -2.21. The van der Waals surface area contributed by atoms with Crippen LogP contribution in [0.1, 0.15) is 142 Å². The van der Waals surface area contributed by atoms with Gasteiger partial charge < -0.3 is 20.1 Å². The molecule has 4 heteroatoms. The summed E-state index contributed by atoms with van der Waals surface area (Å²) >= 11 is 0. The summed E-state index contributed by atoms with van der Waals surface area (Å²) in [6, 6.07) is 8.51. The molecule has 1 rings (SSSR count). The van der Waals surface area contributed by atoms with Gasteiger partial charge in [-0.05, 0) is 43.9 Å². The van der Waals surface area contributed by atoms with Crippen LogP contribution in [0.2, 0.25) is 0 Å². The molecule has 0 aromatic heterocycles. The van der Waals surface area contributed by atoms with Crippen LogP contribution in [-0.2, 0) is 9.47 Å². The van der Waals surface area contributed by atoms with Gasteiger partial charge in [-0.2, -0.15) is 0 Å². The molecule has 0 saturated heterocycles. The zero-order chi connectivity index (χ0) is 26.1. The Morgan fingerprint density at radius 1 is 0.528 bits per heavy atom. The summed E-state index contributed by atoms with van der Waals surface area (Å²) < 4.78 is 11.4. The predicted molar refractivity (Wildman–Crippen MR) is 159 cm³/mol. The highest BCUT2D eigenvalue weighted by Gasteiger charge is 2.10. The Morgan fingerprint density at radius 3 is 1.19 bits per heavy atom. The minimum atomic E-state index is 0.0602. The first-order chi connectivity index (χ1) is 17.7. The van der Waals surface area contributed by atoms with Crippen molar-refractivity contribution in [3.8, 4) is 0 Å². The Morgan fingerprint density at radius 2 is 0.861 bits per heavy atom. The van der Waals surface area contributed by atoms with E-state index in [1.165, 1.54) is 116 Å². The minimum Gasteiger partial charge on any atom is -0.362 e. The van der Waals surface area contributed by atoms with Crippen molar-refractivity contribution in [2.45, 2.75) is 155 Å². The number of hydrogen-bond donors (Lipinski definition) is 2. The second kappa shape index (κ2) is 24.1. The number of nitrogens with one attached hydrogen (secondary N) is 2. The van der Waals surface area contributed by atoms with Gasteiger partial charge in [0.2, 0.25) is 0 Å². The Balaban J connectivity index is 2.25. The van der Waals surface area contributed by atoms with E-state index in [2.05, 4.69) is 48.7 Å². The maximum absolute atomic E-state index is 5.72. The molecule has 0 saturated carbocycles. The largest absolute Gasteiger partial charge is 0.362 e. The molecule has 2 N–H and O–H groups in total. The molecular formula is C32H60N2O2. The summed E-state index contributed by atoms with van der Waals surface area (Å²) in [5.74, 6) is 0. The minimum absolute atomic E-state index is 0.0602. The highest BCUT2D eigenvalue weighted by atomic mass is 16.5. The van der Waals surface area contributed by atoms with E-state index in [0.717, 1.165) is 24.2 Å². The fourth-order valence-corrected chi connectivity index (χ4v) is 4.85. The normalized spacial score (nSPS) is 13.0.